The highest BCUT2D eigenvalue weighted by molar-refractivity contribution is 5.94. The summed E-state index contributed by atoms with van der Waals surface area (Å²) < 4.78 is 11.4. The number of ether oxygens (including phenoxy) is 2. The zero-order valence-corrected chi connectivity index (χ0v) is 19.5. The van der Waals surface area contributed by atoms with Crippen LogP contribution in [0.1, 0.15) is 34.0 Å². The molecule has 3 aromatic carbocycles. The summed E-state index contributed by atoms with van der Waals surface area (Å²) >= 11 is 0. The molecule has 33 heavy (non-hydrogen) atoms. The normalized spacial score (nSPS) is 14.2. The van der Waals surface area contributed by atoms with E-state index in [1.165, 1.54) is 11.1 Å². The number of rotatable bonds is 8. The van der Waals surface area contributed by atoms with Crippen molar-refractivity contribution in [2.45, 2.75) is 27.0 Å². The molecule has 5 nitrogen and oxygen atoms in total. The first-order valence-corrected chi connectivity index (χ1v) is 11.6. The number of hydrogen-bond acceptors (Lipinski definition) is 4. The van der Waals surface area contributed by atoms with Crippen LogP contribution in [-0.4, -0.2) is 48.5 Å². The molecule has 1 amide bonds. The van der Waals surface area contributed by atoms with Crippen molar-refractivity contribution in [2.24, 2.45) is 0 Å². The highest BCUT2D eigenvalue weighted by Crippen LogP contribution is 2.19. The van der Waals surface area contributed by atoms with Crippen LogP contribution in [-0.2, 0) is 13.2 Å². The van der Waals surface area contributed by atoms with Crippen LogP contribution in [0.4, 0.5) is 0 Å². The molecular formula is C28H32N2O3. The molecule has 0 aliphatic carbocycles. The first-order chi connectivity index (χ1) is 16.1. The number of aryl methyl sites for hydroxylation is 1. The molecule has 172 valence electrons. The Morgan fingerprint density at radius 3 is 2.18 bits per heavy atom. The van der Waals surface area contributed by atoms with Gasteiger partial charge in [0.25, 0.3) is 5.91 Å². The number of carbonyl (C=O) groups is 1. The number of hydrogen-bond donors (Lipinski definition) is 0. The van der Waals surface area contributed by atoms with Crippen LogP contribution in [0, 0.1) is 6.92 Å². The summed E-state index contributed by atoms with van der Waals surface area (Å²) in [6.07, 6.45) is 0. The number of carbonyl (C=O) groups excluding carboxylic acids is 1. The molecule has 1 heterocycles. The lowest BCUT2D eigenvalue weighted by atomic mass is 10.1. The third-order valence-corrected chi connectivity index (χ3v) is 5.86. The number of nitrogens with zero attached hydrogens (tertiary/aromatic N) is 2. The quantitative estimate of drug-likeness (QED) is 0.494. The third-order valence-electron chi connectivity index (χ3n) is 5.86. The molecule has 0 N–H and O–H groups in total. The van der Waals surface area contributed by atoms with Gasteiger partial charge in [-0.1, -0.05) is 42.0 Å². The van der Waals surface area contributed by atoms with E-state index in [9.17, 15) is 4.79 Å². The van der Waals surface area contributed by atoms with E-state index in [2.05, 4.69) is 36.1 Å². The molecule has 1 fully saturated rings. The van der Waals surface area contributed by atoms with E-state index in [0.717, 1.165) is 55.3 Å². The van der Waals surface area contributed by atoms with E-state index < -0.39 is 0 Å². The van der Waals surface area contributed by atoms with Crippen LogP contribution < -0.4 is 9.47 Å². The lowest BCUT2D eigenvalue weighted by Gasteiger charge is -2.35. The van der Waals surface area contributed by atoms with Crippen molar-refractivity contribution in [1.82, 2.24) is 9.80 Å². The fraction of sp³-hybridized carbons (Fsp3) is 0.321. The first kappa shape index (κ1) is 22.9. The molecule has 4 rings (SSSR count). The summed E-state index contributed by atoms with van der Waals surface area (Å²) in [5, 5.41) is 0. The second-order valence-electron chi connectivity index (χ2n) is 8.45. The van der Waals surface area contributed by atoms with Gasteiger partial charge in [0.15, 0.2) is 0 Å². The average Bonchev–Trinajstić information content (AvgIpc) is 2.84. The van der Waals surface area contributed by atoms with E-state index in [-0.39, 0.29) is 5.91 Å². The molecule has 5 heteroatoms. The van der Waals surface area contributed by atoms with E-state index in [1.807, 2.05) is 60.4 Å². The second kappa shape index (κ2) is 11.0. The van der Waals surface area contributed by atoms with E-state index >= 15 is 0 Å². The highest BCUT2D eigenvalue weighted by atomic mass is 16.5. The zero-order chi connectivity index (χ0) is 23.0. The second-order valence-corrected chi connectivity index (χ2v) is 8.45. The van der Waals surface area contributed by atoms with Gasteiger partial charge < -0.3 is 14.4 Å². The fourth-order valence-electron chi connectivity index (χ4n) is 4.12. The predicted molar refractivity (Wildman–Crippen MR) is 131 cm³/mol. The van der Waals surface area contributed by atoms with Gasteiger partial charge in [0.05, 0.1) is 6.61 Å². The van der Waals surface area contributed by atoms with Crippen molar-refractivity contribution >= 4 is 5.91 Å². The van der Waals surface area contributed by atoms with Crippen molar-refractivity contribution in [2.75, 3.05) is 32.8 Å². The van der Waals surface area contributed by atoms with Crippen LogP contribution in [0.15, 0.2) is 72.8 Å². The fourth-order valence-corrected chi connectivity index (χ4v) is 4.12. The van der Waals surface area contributed by atoms with Gasteiger partial charge in [-0.15, -0.1) is 0 Å². The predicted octanol–water partition coefficient (Wildman–Crippen LogP) is 4.93. The topological polar surface area (TPSA) is 42.0 Å². The first-order valence-electron chi connectivity index (χ1n) is 11.6. The van der Waals surface area contributed by atoms with Gasteiger partial charge in [-0.25, -0.2) is 0 Å². The Balaban J connectivity index is 1.29. The van der Waals surface area contributed by atoms with Crippen LogP contribution >= 0.6 is 0 Å². The summed E-state index contributed by atoms with van der Waals surface area (Å²) in [7, 11) is 0. The van der Waals surface area contributed by atoms with Crippen molar-refractivity contribution < 1.29 is 14.3 Å². The maximum atomic E-state index is 13.1. The number of benzene rings is 3. The molecule has 0 radical (unpaired) electrons. The minimum atomic E-state index is 0.0909. The molecule has 0 unspecified atom stereocenters. The standard InChI is InChI=1S/C28H32N2O3/c1-3-32-26-10-12-27(13-11-26)33-21-24-8-5-9-25(19-24)28(31)30-16-14-29(15-17-30)20-23-7-4-6-22(2)18-23/h4-13,18-19H,3,14-17,20-21H2,1-2H3. The maximum Gasteiger partial charge on any atom is 0.253 e. The Morgan fingerprint density at radius 1 is 0.818 bits per heavy atom. The maximum absolute atomic E-state index is 13.1. The minimum Gasteiger partial charge on any atom is -0.494 e. The van der Waals surface area contributed by atoms with E-state index in [4.69, 9.17) is 9.47 Å². The lowest BCUT2D eigenvalue weighted by Crippen LogP contribution is -2.48. The third kappa shape index (κ3) is 6.36. The van der Waals surface area contributed by atoms with Crippen LogP contribution in [0.5, 0.6) is 11.5 Å². The average molecular weight is 445 g/mol. The SMILES string of the molecule is CCOc1ccc(OCc2cccc(C(=O)N3CCN(Cc4cccc(C)c4)CC3)c2)cc1. The molecule has 0 bridgehead atoms. The van der Waals surface area contributed by atoms with Gasteiger partial charge in [0.1, 0.15) is 18.1 Å². The summed E-state index contributed by atoms with van der Waals surface area (Å²) in [5.41, 5.74) is 4.31. The Kier molecular flexibility index (Phi) is 7.63. The lowest BCUT2D eigenvalue weighted by molar-refractivity contribution is 0.0628. The molecule has 0 atom stereocenters. The molecule has 0 saturated carbocycles. The van der Waals surface area contributed by atoms with E-state index in [1.54, 1.807) is 0 Å². The molecule has 0 spiro atoms. The molecule has 3 aromatic rings. The summed E-state index contributed by atoms with van der Waals surface area (Å²) in [5.74, 6) is 1.70. The van der Waals surface area contributed by atoms with Gasteiger partial charge in [-0.05, 0) is 61.4 Å². The van der Waals surface area contributed by atoms with Gasteiger partial charge in [0, 0.05) is 38.3 Å². The number of piperazine rings is 1. The Bertz CT molecular complexity index is 1060. The zero-order valence-electron chi connectivity index (χ0n) is 19.5. The Morgan fingerprint density at radius 2 is 1.48 bits per heavy atom. The molecule has 1 aliphatic heterocycles. The smallest absolute Gasteiger partial charge is 0.253 e. The largest absolute Gasteiger partial charge is 0.494 e. The number of amides is 1. The molecule has 0 aromatic heterocycles. The van der Waals surface area contributed by atoms with Crippen molar-refractivity contribution in [3.63, 3.8) is 0 Å². The minimum absolute atomic E-state index is 0.0909. The van der Waals surface area contributed by atoms with Crippen LogP contribution in [0.2, 0.25) is 0 Å². The van der Waals surface area contributed by atoms with Crippen LogP contribution in [0.3, 0.4) is 0 Å². The van der Waals surface area contributed by atoms with Crippen molar-refractivity contribution in [3.8, 4) is 11.5 Å². The molecule has 1 aliphatic rings. The van der Waals surface area contributed by atoms with Gasteiger partial charge >= 0.3 is 0 Å². The van der Waals surface area contributed by atoms with Gasteiger partial charge in [-0.3, -0.25) is 9.69 Å². The Hall–Kier alpha value is -3.31. The summed E-state index contributed by atoms with van der Waals surface area (Å²) in [6, 6.07) is 24.0. The van der Waals surface area contributed by atoms with Crippen molar-refractivity contribution in [3.05, 3.63) is 95.1 Å². The monoisotopic (exact) mass is 444 g/mol. The highest BCUT2D eigenvalue weighted by Gasteiger charge is 2.22. The Labute approximate surface area is 196 Å². The van der Waals surface area contributed by atoms with Crippen molar-refractivity contribution in [1.29, 1.82) is 0 Å². The molecular weight excluding hydrogens is 412 g/mol. The van der Waals surface area contributed by atoms with Gasteiger partial charge in [-0.2, -0.15) is 0 Å². The summed E-state index contributed by atoms with van der Waals surface area (Å²) in [4.78, 5) is 17.5. The van der Waals surface area contributed by atoms with Gasteiger partial charge in [0.2, 0.25) is 0 Å². The van der Waals surface area contributed by atoms with E-state index in [0.29, 0.717) is 13.2 Å². The molecule has 1 saturated heterocycles. The van der Waals surface area contributed by atoms with Crippen LogP contribution in [0.25, 0.3) is 0 Å². The summed E-state index contributed by atoms with van der Waals surface area (Å²) in [6.45, 7) is 9.35.